The summed E-state index contributed by atoms with van der Waals surface area (Å²) in [6, 6.07) is -2.65. The number of likely N-dealkylation sites (tertiary alicyclic amines) is 1. The third-order valence-corrected chi connectivity index (χ3v) is 9.03. The summed E-state index contributed by atoms with van der Waals surface area (Å²) in [5.41, 5.74) is 10.9. The fraction of sp³-hybridized carbons (Fsp3) is 0.857. The zero-order chi connectivity index (χ0) is 34.7. The van der Waals surface area contributed by atoms with Crippen molar-refractivity contribution in [2.24, 2.45) is 11.5 Å². The Morgan fingerprint density at radius 2 is 1.34 bits per heavy atom. The fourth-order valence-electron chi connectivity index (χ4n) is 6.23. The summed E-state index contributed by atoms with van der Waals surface area (Å²) in [7, 11) is 0. The van der Waals surface area contributed by atoms with Gasteiger partial charge in [-0.2, -0.15) is 0 Å². The van der Waals surface area contributed by atoms with Crippen LogP contribution in [0.5, 0.6) is 0 Å². The number of guanidine groups is 1. The van der Waals surface area contributed by atoms with Crippen molar-refractivity contribution in [1.29, 1.82) is 5.41 Å². The Balaban J connectivity index is 2.45. The van der Waals surface area contributed by atoms with Crippen LogP contribution in [-0.4, -0.2) is 77.4 Å². The molecule has 1 rings (SSSR count). The average molecular weight is 666 g/mol. The molecule has 1 aliphatic heterocycles. The third-order valence-electron chi connectivity index (χ3n) is 9.03. The van der Waals surface area contributed by atoms with Crippen LogP contribution in [0.4, 0.5) is 0 Å². The lowest BCUT2D eigenvalue weighted by Crippen LogP contribution is -2.55. The van der Waals surface area contributed by atoms with Gasteiger partial charge in [0.1, 0.15) is 18.1 Å². The molecule has 1 aliphatic rings. The first-order valence-electron chi connectivity index (χ1n) is 18.6. The first-order chi connectivity index (χ1) is 22.7. The number of hydrogen-bond acceptors (Lipinski definition) is 6. The molecule has 3 atom stereocenters. The van der Waals surface area contributed by atoms with E-state index in [0.717, 1.165) is 25.7 Å². The molecule has 0 aromatic rings. The minimum Gasteiger partial charge on any atom is -0.480 e. The molecule has 47 heavy (non-hydrogen) atoms. The maximum absolute atomic E-state index is 13.6. The van der Waals surface area contributed by atoms with Gasteiger partial charge in [0.25, 0.3) is 0 Å². The predicted octanol–water partition coefficient (Wildman–Crippen LogP) is 4.69. The Labute approximate surface area is 283 Å². The molecule has 1 heterocycles. The van der Waals surface area contributed by atoms with Gasteiger partial charge in [-0.3, -0.25) is 19.8 Å². The summed E-state index contributed by atoms with van der Waals surface area (Å²) in [6.07, 6.45) is 22.6. The van der Waals surface area contributed by atoms with Gasteiger partial charge < -0.3 is 37.4 Å². The van der Waals surface area contributed by atoms with Gasteiger partial charge in [0.05, 0.1) is 0 Å². The van der Waals surface area contributed by atoms with Crippen LogP contribution in [0.15, 0.2) is 0 Å². The van der Waals surface area contributed by atoms with Crippen molar-refractivity contribution < 1.29 is 24.3 Å². The molecular weight excluding hydrogens is 598 g/mol. The van der Waals surface area contributed by atoms with E-state index in [9.17, 15) is 24.3 Å². The number of amides is 3. The summed E-state index contributed by atoms with van der Waals surface area (Å²) in [5, 5.41) is 25.0. The molecule has 12 heteroatoms. The van der Waals surface area contributed by atoms with Gasteiger partial charge in [-0.15, -0.1) is 0 Å². The lowest BCUT2D eigenvalue weighted by Gasteiger charge is -2.29. The summed E-state index contributed by atoms with van der Waals surface area (Å²) < 4.78 is 0. The maximum atomic E-state index is 13.6. The van der Waals surface area contributed by atoms with E-state index >= 15 is 0 Å². The first-order valence-corrected chi connectivity index (χ1v) is 18.6. The largest absolute Gasteiger partial charge is 0.480 e. The number of carboxylic acid groups (broad SMARTS) is 1. The van der Waals surface area contributed by atoms with Crippen molar-refractivity contribution in [2.45, 2.75) is 173 Å². The van der Waals surface area contributed by atoms with E-state index in [1.54, 1.807) is 0 Å². The molecule has 0 bridgehead atoms. The third kappa shape index (κ3) is 20.2. The van der Waals surface area contributed by atoms with Gasteiger partial charge >= 0.3 is 5.97 Å². The van der Waals surface area contributed by atoms with Crippen LogP contribution in [0.2, 0.25) is 0 Å². The number of nitrogens with two attached hydrogens (primary N) is 2. The fourth-order valence-corrected chi connectivity index (χ4v) is 6.23. The van der Waals surface area contributed by atoms with Gasteiger partial charge in [-0.25, -0.2) is 4.79 Å². The highest BCUT2D eigenvalue weighted by Gasteiger charge is 2.38. The Kier molecular flexibility index (Phi) is 24.3. The molecule has 0 radical (unpaired) electrons. The Morgan fingerprint density at radius 1 is 0.787 bits per heavy atom. The van der Waals surface area contributed by atoms with E-state index in [1.165, 1.54) is 81.9 Å². The van der Waals surface area contributed by atoms with Crippen molar-refractivity contribution in [2.75, 3.05) is 19.6 Å². The van der Waals surface area contributed by atoms with Crippen molar-refractivity contribution in [3.63, 3.8) is 0 Å². The first kappa shape index (κ1) is 42.1. The van der Waals surface area contributed by atoms with E-state index in [0.29, 0.717) is 58.2 Å². The number of nitrogens with one attached hydrogen (secondary N) is 4. The number of unbranched alkanes of at least 4 members (excludes halogenated alkanes) is 15. The molecule has 0 aliphatic carbocycles. The number of carbonyl (C=O) groups is 4. The van der Waals surface area contributed by atoms with Gasteiger partial charge in [-0.1, -0.05) is 96.8 Å². The number of hydrogen-bond donors (Lipinski definition) is 7. The van der Waals surface area contributed by atoms with Crippen molar-refractivity contribution >= 4 is 29.7 Å². The van der Waals surface area contributed by atoms with Crippen LogP contribution in [0.25, 0.3) is 0 Å². The molecule has 0 spiro atoms. The summed E-state index contributed by atoms with van der Waals surface area (Å²) in [4.78, 5) is 52.9. The Bertz CT molecular complexity index is 904. The molecule has 9 N–H and O–H groups in total. The standard InChI is InChI=1S/C35H67N7O5/c1-2-3-4-5-6-7-8-9-10-11-12-13-14-15-16-24-31(43)40-28(21-17-18-25-36)33(45)42-27-20-23-30(42)32(44)41-29(34(46)47)22-19-26-39-35(37)38/h28-30H,2-27,36H2,1H3,(H,40,43)(H,41,44)(H,46,47)(H4,37,38,39)/t28-,29-,30-/m0/s1. The van der Waals surface area contributed by atoms with Crippen LogP contribution in [0.1, 0.15) is 155 Å². The van der Waals surface area contributed by atoms with E-state index in [4.69, 9.17) is 16.9 Å². The smallest absolute Gasteiger partial charge is 0.326 e. The van der Waals surface area contributed by atoms with E-state index < -0.39 is 30.0 Å². The topological polar surface area (TPSA) is 204 Å². The molecule has 0 aromatic heterocycles. The van der Waals surface area contributed by atoms with Crippen molar-refractivity contribution in [3.05, 3.63) is 0 Å². The van der Waals surface area contributed by atoms with Gasteiger partial charge in [0, 0.05) is 19.5 Å². The van der Waals surface area contributed by atoms with Crippen molar-refractivity contribution in [3.8, 4) is 0 Å². The Morgan fingerprint density at radius 3 is 1.87 bits per heavy atom. The molecular formula is C35H67N7O5. The average Bonchev–Trinajstić information content (AvgIpc) is 3.53. The Hall–Kier alpha value is -2.89. The van der Waals surface area contributed by atoms with Crippen LogP contribution < -0.4 is 27.4 Å². The van der Waals surface area contributed by atoms with Crippen LogP contribution in [0.3, 0.4) is 0 Å². The number of rotatable bonds is 29. The maximum Gasteiger partial charge on any atom is 0.326 e. The summed E-state index contributed by atoms with van der Waals surface area (Å²) >= 11 is 0. The number of aliphatic carboxylic acids is 1. The lowest BCUT2D eigenvalue weighted by molar-refractivity contribution is -0.145. The summed E-state index contributed by atoms with van der Waals surface area (Å²) in [6.45, 7) is 3.43. The van der Waals surface area contributed by atoms with Gasteiger partial charge in [0.15, 0.2) is 5.96 Å². The highest BCUT2D eigenvalue weighted by atomic mass is 16.4. The number of carbonyl (C=O) groups excluding carboxylic acids is 3. The second-order valence-electron chi connectivity index (χ2n) is 13.2. The zero-order valence-electron chi connectivity index (χ0n) is 29.3. The molecule has 1 fully saturated rings. The zero-order valence-corrected chi connectivity index (χ0v) is 29.3. The molecule has 0 aromatic carbocycles. The van der Waals surface area contributed by atoms with E-state index in [2.05, 4.69) is 22.9 Å². The highest BCUT2D eigenvalue weighted by molar-refractivity contribution is 5.93. The molecule has 12 nitrogen and oxygen atoms in total. The van der Waals surface area contributed by atoms with Crippen molar-refractivity contribution in [1.82, 2.24) is 20.9 Å². The molecule has 1 saturated heterocycles. The highest BCUT2D eigenvalue weighted by Crippen LogP contribution is 2.21. The summed E-state index contributed by atoms with van der Waals surface area (Å²) in [5.74, 6) is -2.34. The SMILES string of the molecule is CCCCCCCCCCCCCCCCCC(=O)N[C@@H](CCCCN)C(=O)N1CCC[C@H]1C(=O)N[C@@H](CCCNC(=N)N)C(=O)O. The normalized spacial score (nSPS) is 15.6. The van der Waals surface area contributed by atoms with Gasteiger partial charge in [-0.05, 0) is 57.9 Å². The monoisotopic (exact) mass is 666 g/mol. The second-order valence-corrected chi connectivity index (χ2v) is 13.2. The van der Waals surface area contributed by atoms with Crippen LogP contribution >= 0.6 is 0 Å². The quantitative estimate of drug-likeness (QED) is 0.0339. The minimum absolute atomic E-state index is 0.152. The number of nitrogens with zero attached hydrogens (tertiary/aromatic N) is 1. The second kappa shape index (κ2) is 27.1. The van der Waals surface area contributed by atoms with E-state index in [1.807, 2.05) is 0 Å². The molecule has 0 unspecified atom stereocenters. The molecule has 272 valence electrons. The predicted molar refractivity (Wildman–Crippen MR) is 188 cm³/mol. The molecule has 0 saturated carbocycles. The number of carboxylic acids is 1. The van der Waals surface area contributed by atoms with E-state index in [-0.39, 0.29) is 24.2 Å². The van der Waals surface area contributed by atoms with Crippen LogP contribution in [-0.2, 0) is 19.2 Å². The van der Waals surface area contributed by atoms with Crippen LogP contribution in [0, 0.1) is 5.41 Å². The van der Waals surface area contributed by atoms with Gasteiger partial charge in [0.2, 0.25) is 17.7 Å². The lowest BCUT2D eigenvalue weighted by atomic mass is 10.0. The molecule has 3 amide bonds. The minimum atomic E-state index is -1.16.